The molecule has 4 rings (SSSR count). The molecule has 3 saturated heterocycles. The van der Waals surface area contributed by atoms with Crippen molar-refractivity contribution in [3.8, 4) is 0 Å². The van der Waals surface area contributed by atoms with Gasteiger partial charge in [-0.3, -0.25) is 4.99 Å². The molecule has 4 heterocycles. The molecule has 0 aromatic carbocycles. The molecule has 23 heavy (non-hydrogen) atoms. The van der Waals surface area contributed by atoms with Crippen LogP contribution in [-0.2, 0) is 11.2 Å². The molecule has 3 fully saturated rings. The summed E-state index contributed by atoms with van der Waals surface area (Å²) in [6.45, 7) is 7.28. The van der Waals surface area contributed by atoms with Crippen LogP contribution in [0.25, 0.3) is 0 Å². The van der Waals surface area contributed by atoms with Gasteiger partial charge >= 0.3 is 0 Å². The predicted molar refractivity (Wildman–Crippen MR) is 89.4 cm³/mol. The Morgan fingerprint density at radius 3 is 2.65 bits per heavy atom. The second-order valence-electron chi connectivity index (χ2n) is 7.36. The summed E-state index contributed by atoms with van der Waals surface area (Å²) in [7, 11) is 0. The van der Waals surface area contributed by atoms with Crippen LogP contribution in [0.4, 0.5) is 0 Å². The van der Waals surface area contributed by atoms with Crippen molar-refractivity contribution in [1.82, 2.24) is 10.2 Å². The molecule has 0 saturated carbocycles. The largest absolute Gasteiger partial charge is 0.469 e. The Bertz CT molecular complexity index is 537. The lowest BCUT2D eigenvalue weighted by Crippen LogP contribution is -2.44. The Kier molecular flexibility index (Phi) is 4.05. The van der Waals surface area contributed by atoms with Gasteiger partial charge in [-0.25, -0.2) is 0 Å². The Morgan fingerprint density at radius 2 is 2.04 bits per heavy atom. The summed E-state index contributed by atoms with van der Waals surface area (Å²) in [5.41, 5.74) is 0. The zero-order valence-electron chi connectivity index (χ0n) is 14.1. The lowest BCUT2D eigenvalue weighted by atomic mass is 9.82. The minimum Gasteiger partial charge on any atom is -0.469 e. The van der Waals surface area contributed by atoms with Crippen molar-refractivity contribution in [3.63, 3.8) is 0 Å². The first kappa shape index (κ1) is 15.1. The zero-order chi connectivity index (χ0) is 15.8. The van der Waals surface area contributed by atoms with Crippen molar-refractivity contribution in [1.29, 1.82) is 0 Å². The Labute approximate surface area is 138 Å². The number of hydrogen-bond donors (Lipinski definition) is 1. The fourth-order valence-electron chi connectivity index (χ4n) is 4.35. The summed E-state index contributed by atoms with van der Waals surface area (Å²) < 4.78 is 11.5. The van der Waals surface area contributed by atoms with E-state index in [1.165, 1.54) is 12.8 Å². The maximum absolute atomic E-state index is 6.08. The lowest BCUT2D eigenvalue weighted by molar-refractivity contribution is 0.0766. The molecule has 3 aliphatic rings. The summed E-state index contributed by atoms with van der Waals surface area (Å²) >= 11 is 0. The van der Waals surface area contributed by atoms with Crippen LogP contribution >= 0.6 is 0 Å². The average Bonchev–Trinajstić information content (AvgIpc) is 3.27. The minimum atomic E-state index is 0.394. The molecule has 5 nitrogen and oxygen atoms in total. The first-order valence-electron chi connectivity index (χ1n) is 8.94. The second kappa shape index (κ2) is 6.19. The number of nitrogens with zero attached hydrogens (tertiary/aromatic N) is 2. The average molecular weight is 317 g/mol. The molecule has 2 bridgehead atoms. The second-order valence-corrected chi connectivity index (χ2v) is 7.36. The number of likely N-dealkylation sites (tertiary alicyclic amines) is 1. The Morgan fingerprint density at radius 1 is 1.30 bits per heavy atom. The summed E-state index contributed by atoms with van der Waals surface area (Å²) in [5.74, 6) is 3.47. The van der Waals surface area contributed by atoms with E-state index in [0.29, 0.717) is 30.1 Å². The highest BCUT2D eigenvalue weighted by atomic mass is 16.5. The molecule has 0 spiro atoms. The molecule has 4 atom stereocenters. The van der Waals surface area contributed by atoms with Crippen LogP contribution in [0.1, 0.15) is 32.4 Å². The van der Waals surface area contributed by atoms with Crippen molar-refractivity contribution in [3.05, 3.63) is 24.2 Å². The lowest BCUT2D eigenvalue weighted by Gasteiger charge is -2.25. The summed E-state index contributed by atoms with van der Waals surface area (Å²) in [6, 6.07) is 4.34. The molecule has 0 aliphatic carbocycles. The number of rotatable bonds is 4. The molecule has 1 aromatic heterocycles. The van der Waals surface area contributed by atoms with E-state index in [-0.39, 0.29) is 0 Å². The van der Waals surface area contributed by atoms with E-state index in [0.717, 1.165) is 37.8 Å². The maximum Gasteiger partial charge on any atom is 0.194 e. The van der Waals surface area contributed by atoms with E-state index in [1.807, 2.05) is 12.1 Å². The molecule has 1 aromatic rings. The third-order valence-electron chi connectivity index (χ3n) is 5.37. The van der Waals surface area contributed by atoms with Crippen molar-refractivity contribution in [2.75, 3.05) is 19.6 Å². The molecule has 0 amide bonds. The number of guanidine groups is 1. The number of nitrogens with one attached hydrogen (secondary N) is 1. The van der Waals surface area contributed by atoms with Gasteiger partial charge in [-0.2, -0.15) is 0 Å². The maximum atomic E-state index is 6.08. The predicted octanol–water partition coefficient (Wildman–Crippen LogP) is 2.29. The van der Waals surface area contributed by atoms with Gasteiger partial charge in [0.25, 0.3) is 0 Å². The Hall–Kier alpha value is -1.49. The van der Waals surface area contributed by atoms with Crippen LogP contribution in [0.2, 0.25) is 0 Å². The number of aliphatic imine (C=N–C) groups is 1. The van der Waals surface area contributed by atoms with Gasteiger partial charge in [-0.15, -0.1) is 0 Å². The third kappa shape index (κ3) is 2.99. The van der Waals surface area contributed by atoms with Gasteiger partial charge in [0, 0.05) is 43.9 Å². The van der Waals surface area contributed by atoms with Crippen molar-refractivity contribution in [2.24, 2.45) is 16.8 Å². The van der Waals surface area contributed by atoms with Crippen LogP contribution in [0.3, 0.4) is 0 Å². The fourth-order valence-corrected chi connectivity index (χ4v) is 4.35. The van der Waals surface area contributed by atoms with E-state index >= 15 is 0 Å². The van der Waals surface area contributed by atoms with Crippen LogP contribution in [-0.4, -0.2) is 48.7 Å². The van der Waals surface area contributed by atoms with Gasteiger partial charge in [-0.1, -0.05) is 0 Å². The summed E-state index contributed by atoms with van der Waals surface area (Å²) in [5, 5.41) is 3.55. The van der Waals surface area contributed by atoms with E-state index in [9.17, 15) is 0 Å². The Balaban J connectivity index is 1.41. The molecule has 3 aliphatic heterocycles. The first-order valence-corrected chi connectivity index (χ1v) is 8.94. The normalized spacial score (nSPS) is 32.8. The SMILES string of the molecule is CC(C)NC(=NCCc1ccco1)N1CC2C3CCC(O3)C2C1. The van der Waals surface area contributed by atoms with Gasteiger partial charge in [-0.05, 0) is 38.8 Å². The van der Waals surface area contributed by atoms with Crippen molar-refractivity contribution in [2.45, 2.75) is 51.4 Å². The van der Waals surface area contributed by atoms with E-state index in [2.05, 4.69) is 24.1 Å². The molecule has 4 unspecified atom stereocenters. The highest BCUT2D eigenvalue weighted by Gasteiger charge is 2.53. The van der Waals surface area contributed by atoms with Crippen molar-refractivity contribution >= 4 is 5.96 Å². The van der Waals surface area contributed by atoms with Crippen LogP contribution in [0.15, 0.2) is 27.8 Å². The quantitative estimate of drug-likeness (QED) is 0.684. The van der Waals surface area contributed by atoms with E-state index in [1.54, 1.807) is 6.26 Å². The molecular weight excluding hydrogens is 290 g/mol. The van der Waals surface area contributed by atoms with Gasteiger partial charge < -0.3 is 19.4 Å². The molecule has 126 valence electrons. The van der Waals surface area contributed by atoms with Gasteiger partial charge in [0.05, 0.1) is 18.5 Å². The third-order valence-corrected chi connectivity index (χ3v) is 5.37. The number of hydrogen-bond acceptors (Lipinski definition) is 3. The standard InChI is InChI=1S/C18H27N3O2/c1-12(2)20-18(19-8-7-13-4-3-9-22-13)21-10-14-15(11-21)17-6-5-16(14)23-17/h3-4,9,12,14-17H,5-8,10-11H2,1-2H3,(H,19,20). The van der Waals surface area contributed by atoms with E-state index < -0.39 is 0 Å². The van der Waals surface area contributed by atoms with Crippen molar-refractivity contribution < 1.29 is 9.15 Å². The van der Waals surface area contributed by atoms with Crippen LogP contribution in [0, 0.1) is 11.8 Å². The zero-order valence-corrected chi connectivity index (χ0v) is 14.1. The van der Waals surface area contributed by atoms with Crippen LogP contribution < -0.4 is 5.32 Å². The number of ether oxygens (including phenoxy) is 1. The molecule has 0 radical (unpaired) electrons. The monoisotopic (exact) mass is 317 g/mol. The highest BCUT2D eigenvalue weighted by molar-refractivity contribution is 5.80. The van der Waals surface area contributed by atoms with Crippen LogP contribution in [0.5, 0.6) is 0 Å². The molecular formula is C18H27N3O2. The number of furan rings is 1. The van der Waals surface area contributed by atoms with Gasteiger partial charge in [0.2, 0.25) is 0 Å². The smallest absolute Gasteiger partial charge is 0.194 e. The van der Waals surface area contributed by atoms with Gasteiger partial charge in [0.15, 0.2) is 5.96 Å². The van der Waals surface area contributed by atoms with Gasteiger partial charge in [0.1, 0.15) is 5.76 Å². The topological polar surface area (TPSA) is 50.0 Å². The molecule has 1 N–H and O–H groups in total. The highest BCUT2D eigenvalue weighted by Crippen LogP contribution is 2.47. The first-order chi connectivity index (χ1) is 11.2. The number of fused-ring (bicyclic) bond motifs is 5. The minimum absolute atomic E-state index is 0.394. The fraction of sp³-hybridized carbons (Fsp3) is 0.722. The van der Waals surface area contributed by atoms with E-state index in [4.69, 9.17) is 14.1 Å². The molecule has 5 heteroatoms. The summed E-state index contributed by atoms with van der Waals surface area (Å²) in [6.07, 6.45) is 6.08. The summed E-state index contributed by atoms with van der Waals surface area (Å²) in [4.78, 5) is 7.30.